The van der Waals surface area contributed by atoms with Crippen molar-refractivity contribution in [2.24, 2.45) is 34.5 Å². The molecule has 1 aliphatic heterocycles. The first-order chi connectivity index (χ1) is 24.7. The number of aromatic nitrogens is 1. The molecule has 1 aromatic heterocycles. The minimum atomic E-state index is -0.402. The van der Waals surface area contributed by atoms with Gasteiger partial charge < -0.3 is 20.4 Å². The van der Waals surface area contributed by atoms with Crippen LogP contribution in [-0.4, -0.2) is 42.5 Å². The number of halogens is 1. The van der Waals surface area contributed by atoms with Gasteiger partial charge in [-0.05, 0) is 134 Å². The third kappa shape index (κ3) is 6.60. The highest BCUT2D eigenvalue weighted by atomic mass is 19.1. The molecule has 4 fully saturated rings. The highest BCUT2D eigenvalue weighted by molar-refractivity contribution is 6.10. The van der Waals surface area contributed by atoms with E-state index in [-0.39, 0.29) is 5.91 Å². The Morgan fingerprint density at radius 2 is 1.69 bits per heavy atom. The van der Waals surface area contributed by atoms with Crippen LogP contribution in [0.3, 0.4) is 0 Å². The molecule has 4 unspecified atom stereocenters. The second kappa shape index (κ2) is 14.4. The summed E-state index contributed by atoms with van der Waals surface area (Å²) < 4.78 is 20.9. The van der Waals surface area contributed by atoms with Gasteiger partial charge in [0.15, 0.2) is 0 Å². The summed E-state index contributed by atoms with van der Waals surface area (Å²) in [6.07, 6.45) is 17.9. The van der Waals surface area contributed by atoms with Crippen molar-refractivity contribution in [2.75, 3.05) is 19.7 Å². The molecule has 1 amide bonds. The lowest BCUT2D eigenvalue weighted by atomic mass is 9.45. The summed E-state index contributed by atoms with van der Waals surface area (Å²) in [6.45, 7) is 8.41. The van der Waals surface area contributed by atoms with Crippen molar-refractivity contribution in [2.45, 2.75) is 123 Å². The van der Waals surface area contributed by atoms with Crippen LogP contribution >= 0.6 is 0 Å². The van der Waals surface area contributed by atoms with Crippen molar-refractivity contribution in [3.05, 3.63) is 58.9 Å². The first-order valence-electron chi connectivity index (χ1n) is 20.3. The van der Waals surface area contributed by atoms with Crippen LogP contribution in [0.4, 0.5) is 4.39 Å². The molecule has 0 radical (unpaired) electrons. The van der Waals surface area contributed by atoms with Crippen molar-refractivity contribution in [3.8, 4) is 11.3 Å². The van der Waals surface area contributed by atoms with Crippen molar-refractivity contribution < 1.29 is 18.7 Å². The highest BCUT2D eigenvalue weighted by Crippen LogP contribution is 2.66. The maximum atomic E-state index is 14.3. The Morgan fingerprint density at radius 3 is 2.55 bits per heavy atom. The maximum absolute atomic E-state index is 14.3. The molecule has 4 aliphatic carbocycles. The summed E-state index contributed by atoms with van der Waals surface area (Å²) in [5, 5.41) is 7.35. The molecule has 2 aromatic carbocycles. The van der Waals surface area contributed by atoms with Crippen molar-refractivity contribution in [1.29, 1.82) is 0 Å². The zero-order valence-electron chi connectivity index (χ0n) is 30.9. The number of Topliss-reactive ketones (excluding diaryl/α,β-unsaturated/α-hetero) is 1. The summed E-state index contributed by atoms with van der Waals surface area (Å²) in [5.74, 6) is 3.01. The smallest absolute Gasteiger partial charge is 0.252 e. The number of nitrogens with one attached hydrogen (secondary N) is 3. The molecule has 274 valence electrons. The van der Waals surface area contributed by atoms with Crippen LogP contribution in [0.15, 0.2) is 36.4 Å². The molecular formula is C44H58FN3O3. The second-order valence-corrected chi connectivity index (χ2v) is 17.4. The van der Waals surface area contributed by atoms with E-state index in [1.165, 1.54) is 81.9 Å². The van der Waals surface area contributed by atoms with Gasteiger partial charge in [0.05, 0.1) is 11.7 Å². The maximum Gasteiger partial charge on any atom is 0.252 e. The average Bonchev–Trinajstić information content (AvgIpc) is 3.60. The van der Waals surface area contributed by atoms with Crippen LogP contribution in [0.5, 0.6) is 0 Å². The third-order valence-electron chi connectivity index (χ3n) is 14.7. The van der Waals surface area contributed by atoms with Crippen LogP contribution in [0.25, 0.3) is 22.2 Å². The van der Waals surface area contributed by atoms with E-state index in [0.717, 1.165) is 85.3 Å². The van der Waals surface area contributed by atoms with Crippen LogP contribution in [0.2, 0.25) is 0 Å². The molecule has 7 heteroatoms. The largest absolute Gasteiger partial charge is 0.378 e. The molecule has 0 saturated heterocycles. The summed E-state index contributed by atoms with van der Waals surface area (Å²) in [4.78, 5) is 28.2. The van der Waals surface area contributed by atoms with Gasteiger partial charge in [-0.25, -0.2) is 4.39 Å². The monoisotopic (exact) mass is 695 g/mol. The molecule has 2 heterocycles. The first-order valence-corrected chi connectivity index (χ1v) is 20.3. The van der Waals surface area contributed by atoms with E-state index >= 15 is 0 Å². The zero-order valence-corrected chi connectivity index (χ0v) is 30.9. The standard InChI is InChI=1S/C44H58FN3O3/c1-43-19-16-32(49)24-30(43)12-13-33-36-14-15-39(44(36,2)20-17-37(33)43)51-23-7-5-3-4-6-21-46-27-28-8-10-29(11-9-28)41-34-18-22-47-42(50)35-25-31(45)26-38(48-41)40(34)35/h8-11,25-26,30,33,36-37,39,46,48H,3-7,12-24,27H2,1-2H3,(H,47,50)/t30-,33?,36-,37-,39?,43?,44?/m0/s1. The van der Waals surface area contributed by atoms with E-state index in [4.69, 9.17) is 4.74 Å². The van der Waals surface area contributed by atoms with E-state index < -0.39 is 5.82 Å². The van der Waals surface area contributed by atoms with E-state index in [0.29, 0.717) is 52.7 Å². The van der Waals surface area contributed by atoms with Gasteiger partial charge in [-0.1, -0.05) is 57.4 Å². The van der Waals surface area contributed by atoms with Crippen molar-refractivity contribution in [3.63, 3.8) is 0 Å². The first kappa shape index (κ1) is 35.0. The molecule has 7 atom stereocenters. The second-order valence-electron chi connectivity index (χ2n) is 17.4. The number of amides is 1. The Morgan fingerprint density at radius 1 is 0.882 bits per heavy atom. The Kier molecular flexibility index (Phi) is 9.90. The van der Waals surface area contributed by atoms with E-state index in [1.54, 1.807) is 0 Å². The van der Waals surface area contributed by atoms with E-state index in [1.807, 2.05) is 0 Å². The fourth-order valence-corrected chi connectivity index (χ4v) is 11.8. The summed E-state index contributed by atoms with van der Waals surface area (Å²) in [5.41, 5.74) is 6.17. The van der Waals surface area contributed by atoms with Gasteiger partial charge >= 0.3 is 0 Å². The average molecular weight is 696 g/mol. The number of benzene rings is 2. The molecule has 8 rings (SSSR count). The molecule has 0 bridgehead atoms. The number of hydrogen-bond acceptors (Lipinski definition) is 4. The topological polar surface area (TPSA) is 83.2 Å². The van der Waals surface area contributed by atoms with Crippen LogP contribution in [0, 0.1) is 40.3 Å². The van der Waals surface area contributed by atoms with E-state index in [2.05, 4.69) is 53.7 Å². The molecule has 3 N–H and O–H groups in total. The molecule has 0 spiro atoms. The molecule has 6 nitrogen and oxygen atoms in total. The number of aromatic amines is 1. The van der Waals surface area contributed by atoms with Gasteiger partial charge in [-0.15, -0.1) is 0 Å². The number of hydrogen-bond donors (Lipinski definition) is 3. The van der Waals surface area contributed by atoms with Gasteiger partial charge in [0.1, 0.15) is 11.6 Å². The number of fused-ring (bicyclic) bond motifs is 5. The van der Waals surface area contributed by atoms with E-state index in [9.17, 15) is 14.0 Å². The molecule has 3 aromatic rings. The van der Waals surface area contributed by atoms with Crippen molar-refractivity contribution >= 4 is 22.6 Å². The predicted molar refractivity (Wildman–Crippen MR) is 201 cm³/mol. The van der Waals surface area contributed by atoms with Crippen LogP contribution in [0.1, 0.15) is 125 Å². The molecular weight excluding hydrogens is 638 g/mol. The number of ether oxygens (including phenoxy) is 1. The number of carbonyl (C=O) groups is 2. The summed E-state index contributed by atoms with van der Waals surface area (Å²) in [7, 11) is 0. The fourth-order valence-electron chi connectivity index (χ4n) is 11.8. The molecule has 4 saturated carbocycles. The Bertz CT molecular complexity index is 1750. The highest BCUT2D eigenvalue weighted by Gasteiger charge is 2.60. The van der Waals surface area contributed by atoms with Gasteiger partial charge in [-0.2, -0.15) is 0 Å². The zero-order chi connectivity index (χ0) is 35.2. The third-order valence-corrected chi connectivity index (χ3v) is 14.7. The summed E-state index contributed by atoms with van der Waals surface area (Å²) in [6, 6.07) is 11.4. The number of carbonyl (C=O) groups excluding carboxylic acids is 2. The lowest BCUT2D eigenvalue weighted by Gasteiger charge is -2.60. The Hall–Kier alpha value is -3.03. The lowest BCUT2D eigenvalue weighted by molar-refractivity contribution is -0.145. The molecule has 5 aliphatic rings. The van der Waals surface area contributed by atoms with Crippen molar-refractivity contribution in [1.82, 2.24) is 15.6 Å². The van der Waals surface area contributed by atoms with Gasteiger partial charge in [0.25, 0.3) is 5.91 Å². The molecule has 51 heavy (non-hydrogen) atoms. The van der Waals surface area contributed by atoms with Crippen LogP contribution < -0.4 is 10.6 Å². The fraction of sp³-hybridized carbons (Fsp3) is 0.636. The number of rotatable bonds is 12. The van der Waals surface area contributed by atoms with Crippen LogP contribution in [-0.2, 0) is 22.5 Å². The summed E-state index contributed by atoms with van der Waals surface area (Å²) >= 11 is 0. The Balaban J connectivity index is 0.731. The Labute approximate surface area is 303 Å². The predicted octanol–water partition coefficient (Wildman–Crippen LogP) is 9.30. The number of unbranched alkanes of at least 4 members (excludes halogenated alkanes) is 4. The normalized spacial score (nSPS) is 31.5. The number of ketones is 1. The van der Waals surface area contributed by atoms with Gasteiger partial charge in [-0.3, -0.25) is 9.59 Å². The minimum absolute atomic E-state index is 0.212. The van der Waals surface area contributed by atoms with Gasteiger partial charge in [0.2, 0.25) is 0 Å². The minimum Gasteiger partial charge on any atom is -0.378 e. The quantitative estimate of drug-likeness (QED) is 0.165. The van der Waals surface area contributed by atoms with Gasteiger partial charge in [0, 0.05) is 49.1 Å². The SMILES string of the molecule is CC12CC[C@H]3C(CC[C@H]4CC(=O)CCC43C)[C@@H]1CCC2OCCCCCCCNCc1ccc(-c2[nH]c3cc(F)cc4c3c2CCNC4=O)cc1. The lowest BCUT2D eigenvalue weighted by Crippen LogP contribution is -2.54. The number of H-pyrrole nitrogens is 1.